The molecule has 0 aliphatic carbocycles. The van der Waals surface area contributed by atoms with E-state index in [2.05, 4.69) is 6.92 Å². The van der Waals surface area contributed by atoms with Gasteiger partial charge in [0.05, 0.1) is 12.0 Å². The second-order valence-electron chi connectivity index (χ2n) is 4.48. The Bertz CT molecular complexity index is 193. The van der Waals surface area contributed by atoms with Crippen molar-refractivity contribution in [1.29, 1.82) is 0 Å². The van der Waals surface area contributed by atoms with Crippen LogP contribution in [0.15, 0.2) is 0 Å². The van der Waals surface area contributed by atoms with E-state index >= 15 is 0 Å². The van der Waals surface area contributed by atoms with E-state index in [1.165, 1.54) is 0 Å². The Morgan fingerprint density at radius 3 is 2.79 bits per heavy atom. The predicted molar refractivity (Wildman–Crippen MR) is 53.8 cm³/mol. The van der Waals surface area contributed by atoms with Crippen molar-refractivity contribution in [2.24, 2.45) is 5.41 Å². The topological polar surface area (TPSA) is 35.5 Å². The standard InChI is InChI=1S/C11H20O3/c1-4-7-11(2,3)10(12)14-9-6-5-8-13-9/h9H,4-8H2,1-3H3. The van der Waals surface area contributed by atoms with E-state index in [-0.39, 0.29) is 17.7 Å². The van der Waals surface area contributed by atoms with Crippen LogP contribution in [0.4, 0.5) is 0 Å². The molecular weight excluding hydrogens is 180 g/mol. The summed E-state index contributed by atoms with van der Waals surface area (Å²) in [5.41, 5.74) is -0.374. The lowest BCUT2D eigenvalue weighted by Crippen LogP contribution is -2.30. The maximum Gasteiger partial charge on any atom is 0.313 e. The van der Waals surface area contributed by atoms with Crippen LogP contribution in [0.25, 0.3) is 0 Å². The Labute approximate surface area is 85.8 Å². The summed E-state index contributed by atoms with van der Waals surface area (Å²) in [5, 5.41) is 0. The monoisotopic (exact) mass is 200 g/mol. The SMILES string of the molecule is CCCC(C)(C)C(=O)OC1CCCO1. The van der Waals surface area contributed by atoms with Crippen LogP contribution in [0.2, 0.25) is 0 Å². The third-order valence-electron chi connectivity index (χ3n) is 2.55. The molecule has 0 aromatic heterocycles. The summed E-state index contributed by atoms with van der Waals surface area (Å²) in [6.45, 7) is 6.63. The first-order valence-electron chi connectivity index (χ1n) is 5.39. The maximum atomic E-state index is 11.7. The van der Waals surface area contributed by atoms with Crippen LogP contribution in [-0.4, -0.2) is 18.9 Å². The lowest BCUT2D eigenvalue weighted by atomic mass is 9.88. The van der Waals surface area contributed by atoms with E-state index in [9.17, 15) is 4.79 Å². The van der Waals surface area contributed by atoms with Gasteiger partial charge in [0.25, 0.3) is 0 Å². The quantitative estimate of drug-likeness (QED) is 0.654. The van der Waals surface area contributed by atoms with Crippen molar-refractivity contribution in [3.63, 3.8) is 0 Å². The minimum Gasteiger partial charge on any atom is -0.435 e. The van der Waals surface area contributed by atoms with Gasteiger partial charge in [-0.25, -0.2) is 0 Å². The van der Waals surface area contributed by atoms with Crippen molar-refractivity contribution in [1.82, 2.24) is 0 Å². The molecule has 0 aromatic carbocycles. The van der Waals surface area contributed by atoms with Gasteiger partial charge in [-0.3, -0.25) is 4.79 Å². The molecule has 0 aromatic rings. The summed E-state index contributed by atoms with van der Waals surface area (Å²) < 4.78 is 10.5. The number of ether oxygens (including phenoxy) is 2. The van der Waals surface area contributed by atoms with E-state index in [0.29, 0.717) is 6.61 Å². The van der Waals surface area contributed by atoms with Crippen LogP contribution in [-0.2, 0) is 14.3 Å². The zero-order chi connectivity index (χ0) is 10.6. The van der Waals surface area contributed by atoms with Crippen LogP contribution >= 0.6 is 0 Å². The molecule has 0 saturated carbocycles. The molecule has 1 aliphatic rings. The highest BCUT2D eigenvalue weighted by Gasteiger charge is 2.31. The molecule has 0 amide bonds. The summed E-state index contributed by atoms with van der Waals surface area (Å²) in [6.07, 6.45) is 3.39. The lowest BCUT2D eigenvalue weighted by Gasteiger charge is -2.23. The summed E-state index contributed by atoms with van der Waals surface area (Å²) in [7, 11) is 0. The first kappa shape index (κ1) is 11.5. The molecule has 14 heavy (non-hydrogen) atoms. The first-order chi connectivity index (χ1) is 6.56. The molecular formula is C11H20O3. The Balaban J connectivity index is 2.39. The molecule has 1 aliphatic heterocycles. The van der Waals surface area contributed by atoms with Crippen LogP contribution in [0.5, 0.6) is 0 Å². The second-order valence-corrected chi connectivity index (χ2v) is 4.48. The minimum absolute atomic E-state index is 0.133. The average molecular weight is 200 g/mol. The summed E-state index contributed by atoms with van der Waals surface area (Å²) in [6, 6.07) is 0. The van der Waals surface area contributed by atoms with Crippen LogP contribution < -0.4 is 0 Å². The molecule has 0 radical (unpaired) electrons. The van der Waals surface area contributed by atoms with E-state index in [0.717, 1.165) is 25.7 Å². The molecule has 1 fully saturated rings. The van der Waals surface area contributed by atoms with Crippen molar-refractivity contribution in [3.05, 3.63) is 0 Å². The largest absolute Gasteiger partial charge is 0.435 e. The normalized spacial score (nSPS) is 22.4. The number of carbonyl (C=O) groups is 1. The summed E-state index contributed by atoms with van der Waals surface area (Å²) in [4.78, 5) is 11.7. The highest BCUT2D eigenvalue weighted by atomic mass is 16.7. The Hall–Kier alpha value is -0.570. The van der Waals surface area contributed by atoms with E-state index in [1.807, 2.05) is 13.8 Å². The number of esters is 1. The highest BCUT2D eigenvalue weighted by molar-refractivity contribution is 5.75. The van der Waals surface area contributed by atoms with Gasteiger partial charge in [0.15, 0.2) is 0 Å². The van der Waals surface area contributed by atoms with Gasteiger partial charge in [0, 0.05) is 6.42 Å². The fourth-order valence-corrected chi connectivity index (χ4v) is 1.65. The van der Waals surface area contributed by atoms with E-state index < -0.39 is 0 Å². The highest BCUT2D eigenvalue weighted by Crippen LogP contribution is 2.26. The fourth-order valence-electron chi connectivity index (χ4n) is 1.65. The lowest BCUT2D eigenvalue weighted by molar-refractivity contribution is -0.180. The van der Waals surface area contributed by atoms with Crippen molar-refractivity contribution < 1.29 is 14.3 Å². The van der Waals surface area contributed by atoms with Gasteiger partial charge in [-0.15, -0.1) is 0 Å². The third-order valence-corrected chi connectivity index (χ3v) is 2.55. The van der Waals surface area contributed by atoms with Gasteiger partial charge in [-0.2, -0.15) is 0 Å². The summed E-state index contributed by atoms with van der Waals surface area (Å²) >= 11 is 0. The number of hydrogen-bond acceptors (Lipinski definition) is 3. The van der Waals surface area contributed by atoms with Gasteiger partial charge >= 0.3 is 5.97 Å². The molecule has 0 bridgehead atoms. The van der Waals surface area contributed by atoms with Crippen molar-refractivity contribution in [3.8, 4) is 0 Å². The molecule has 1 heterocycles. The first-order valence-corrected chi connectivity index (χ1v) is 5.39. The van der Waals surface area contributed by atoms with Gasteiger partial charge in [0.1, 0.15) is 0 Å². The Kier molecular flexibility index (Phi) is 3.93. The number of carbonyl (C=O) groups excluding carboxylic acids is 1. The van der Waals surface area contributed by atoms with Gasteiger partial charge in [-0.05, 0) is 26.7 Å². The predicted octanol–water partition coefficient (Wildman–Crippen LogP) is 2.49. The van der Waals surface area contributed by atoms with Crippen molar-refractivity contribution in [2.45, 2.75) is 52.7 Å². The van der Waals surface area contributed by atoms with Gasteiger partial charge in [-0.1, -0.05) is 13.3 Å². The number of rotatable bonds is 4. The summed E-state index contributed by atoms with van der Waals surface area (Å²) in [5.74, 6) is -0.133. The Morgan fingerprint density at radius 1 is 1.57 bits per heavy atom. The fraction of sp³-hybridized carbons (Fsp3) is 0.909. The van der Waals surface area contributed by atoms with Gasteiger partial charge < -0.3 is 9.47 Å². The minimum atomic E-state index is -0.374. The van der Waals surface area contributed by atoms with Gasteiger partial charge in [0.2, 0.25) is 6.29 Å². The van der Waals surface area contributed by atoms with Crippen molar-refractivity contribution >= 4 is 5.97 Å². The zero-order valence-corrected chi connectivity index (χ0v) is 9.34. The smallest absolute Gasteiger partial charge is 0.313 e. The molecule has 1 unspecified atom stereocenters. The van der Waals surface area contributed by atoms with Crippen molar-refractivity contribution in [2.75, 3.05) is 6.61 Å². The van der Waals surface area contributed by atoms with E-state index in [1.54, 1.807) is 0 Å². The molecule has 1 rings (SSSR count). The molecule has 0 N–H and O–H groups in total. The van der Waals surface area contributed by atoms with Crippen LogP contribution in [0.1, 0.15) is 46.5 Å². The van der Waals surface area contributed by atoms with E-state index in [4.69, 9.17) is 9.47 Å². The maximum absolute atomic E-state index is 11.7. The molecule has 0 spiro atoms. The zero-order valence-electron chi connectivity index (χ0n) is 9.34. The molecule has 1 saturated heterocycles. The number of hydrogen-bond donors (Lipinski definition) is 0. The molecule has 1 atom stereocenters. The third kappa shape index (κ3) is 2.98. The molecule has 3 nitrogen and oxygen atoms in total. The van der Waals surface area contributed by atoms with Crippen LogP contribution in [0, 0.1) is 5.41 Å². The average Bonchev–Trinajstić information content (AvgIpc) is 2.56. The second kappa shape index (κ2) is 4.78. The van der Waals surface area contributed by atoms with Crippen LogP contribution in [0.3, 0.4) is 0 Å². The Morgan fingerprint density at radius 2 is 2.29 bits per heavy atom. The molecule has 3 heteroatoms. The molecule has 82 valence electrons.